The van der Waals surface area contributed by atoms with Crippen molar-refractivity contribution in [1.82, 2.24) is 5.32 Å². The SMILES string of the molecule is C=CN[C@@H](C)C(=O)O. The highest BCUT2D eigenvalue weighted by Gasteiger charge is 2.05. The molecule has 0 radical (unpaired) electrons. The summed E-state index contributed by atoms with van der Waals surface area (Å²) >= 11 is 0. The molecular formula is C5H9NO2. The fraction of sp³-hybridized carbons (Fsp3) is 0.400. The molecule has 46 valence electrons. The highest BCUT2D eigenvalue weighted by molar-refractivity contribution is 5.72. The molecular weight excluding hydrogens is 106 g/mol. The summed E-state index contributed by atoms with van der Waals surface area (Å²) in [6.07, 6.45) is 1.36. The van der Waals surface area contributed by atoms with Gasteiger partial charge in [0.15, 0.2) is 0 Å². The van der Waals surface area contributed by atoms with E-state index in [4.69, 9.17) is 5.11 Å². The van der Waals surface area contributed by atoms with Crippen LogP contribution >= 0.6 is 0 Å². The monoisotopic (exact) mass is 115 g/mol. The Kier molecular flexibility index (Phi) is 2.69. The molecule has 3 heteroatoms. The first-order chi connectivity index (χ1) is 3.68. The molecule has 0 rings (SSSR count). The van der Waals surface area contributed by atoms with Crippen LogP contribution in [0.4, 0.5) is 0 Å². The number of carboxylic acid groups (broad SMARTS) is 1. The molecule has 0 heterocycles. The van der Waals surface area contributed by atoms with E-state index in [0.717, 1.165) is 0 Å². The van der Waals surface area contributed by atoms with Crippen LogP contribution in [0.25, 0.3) is 0 Å². The van der Waals surface area contributed by atoms with Crippen LogP contribution in [0.3, 0.4) is 0 Å². The molecule has 0 aromatic carbocycles. The summed E-state index contributed by atoms with van der Waals surface area (Å²) in [5.41, 5.74) is 0. The molecule has 0 fully saturated rings. The maximum Gasteiger partial charge on any atom is 0.325 e. The van der Waals surface area contributed by atoms with Crippen LogP contribution in [-0.2, 0) is 4.79 Å². The molecule has 8 heavy (non-hydrogen) atoms. The van der Waals surface area contributed by atoms with Crippen molar-refractivity contribution in [3.8, 4) is 0 Å². The van der Waals surface area contributed by atoms with Crippen LogP contribution in [0.15, 0.2) is 12.8 Å². The van der Waals surface area contributed by atoms with Crippen molar-refractivity contribution in [2.75, 3.05) is 0 Å². The summed E-state index contributed by atoms with van der Waals surface area (Å²) in [5, 5.41) is 10.7. The number of nitrogens with one attached hydrogen (secondary N) is 1. The van der Waals surface area contributed by atoms with E-state index >= 15 is 0 Å². The van der Waals surface area contributed by atoms with E-state index < -0.39 is 12.0 Å². The van der Waals surface area contributed by atoms with Gasteiger partial charge in [-0.1, -0.05) is 6.58 Å². The quantitative estimate of drug-likeness (QED) is 0.552. The van der Waals surface area contributed by atoms with Gasteiger partial charge in [-0.2, -0.15) is 0 Å². The molecule has 3 nitrogen and oxygen atoms in total. The van der Waals surface area contributed by atoms with Crippen molar-refractivity contribution in [2.24, 2.45) is 0 Å². The highest BCUT2D eigenvalue weighted by Crippen LogP contribution is 1.77. The third-order valence-electron chi connectivity index (χ3n) is 0.738. The van der Waals surface area contributed by atoms with E-state index in [-0.39, 0.29) is 0 Å². The predicted octanol–water partition coefficient (Wildman–Crippen LogP) is 0.193. The molecule has 0 aliphatic carbocycles. The van der Waals surface area contributed by atoms with Crippen molar-refractivity contribution in [3.05, 3.63) is 12.8 Å². The molecule has 0 aromatic heterocycles. The Bertz CT molecular complexity index is 101. The van der Waals surface area contributed by atoms with Crippen molar-refractivity contribution >= 4 is 5.97 Å². The molecule has 0 unspecified atom stereocenters. The first-order valence-corrected chi connectivity index (χ1v) is 2.28. The largest absolute Gasteiger partial charge is 0.480 e. The molecule has 0 bridgehead atoms. The minimum Gasteiger partial charge on any atom is -0.480 e. The molecule has 0 saturated heterocycles. The average Bonchev–Trinajstić information content (AvgIpc) is 1.67. The van der Waals surface area contributed by atoms with Gasteiger partial charge < -0.3 is 10.4 Å². The molecule has 2 N–H and O–H groups in total. The number of hydrogen-bond donors (Lipinski definition) is 2. The Labute approximate surface area is 48.0 Å². The smallest absolute Gasteiger partial charge is 0.325 e. The van der Waals surface area contributed by atoms with Crippen molar-refractivity contribution in [3.63, 3.8) is 0 Å². The molecule has 0 aliphatic heterocycles. The second kappa shape index (κ2) is 3.07. The molecule has 0 saturated carbocycles. The minimum atomic E-state index is -0.870. The second-order valence-electron chi connectivity index (χ2n) is 1.43. The first kappa shape index (κ1) is 7.01. The lowest BCUT2D eigenvalue weighted by atomic mass is 10.4. The maximum atomic E-state index is 9.98. The molecule has 0 spiro atoms. The van der Waals surface area contributed by atoms with Gasteiger partial charge in [-0.25, -0.2) is 0 Å². The molecule has 0 amide bonds. The predicted molar refractivity (Wildman–Crippen MR) is 30.4 cm³/mol. The Morgan fingerprint density at radius 3 is 2.62 bits per heavy atom. The van der Waals surface area contributed by atoms with Gasteiger partial charge in [-0.05, 0) is 13.1 Å². The van der Waals surface area contributed by atoms with Crippen LogP contribution in [-0.4, -0.2) is 17.1 Å². The van der Waals surface area contributed by atoms with Crippen molar-refractivity contribution < 1.29 is 9.90 Å². The molecule has 0 aromatic rings. The van der Waals surface area contributed by atoms with Crippen LogP contribution in [0, 0.1) is 0 Å². The summed E-state index contributed by atoms with van der Waals surface area (Å²) in [6, 6.07) is -0.535. The third kappa shape index (κ3) is 2.23. The summed E-state index contributed by atoms with van der Waals surface area (Å²) in [4.78, 5) is 9.98. The lowest BCUT2D eigenvalue weighted by molar-refractivity contribution is -0.138. The maximum absolute atomic E-state index is 9.98. The zero-order valence-corrected chi connectivity index (χ0v) is 4.72. The van der Waals surface area contributed by atoms with E-state index in [1.807, 2.05) is 0 Å². The van der Waals surface area contributed by atoms with Crippen LogP contribution in [0.2, 0.25) is 0 Å². The van der Waals surface area contributed by atoms with Crippen molar-refractivity contribution in [2.45, 2.75) is 13.0 Å². The number of hydrogen-bond acceptors (Lipinski definition) is 2. The average molecular weight is 115 g/mol. The Hall–Kier alpha value is -0.990. The first-order valence-electron chi connectivity index (χ1n) is 2.28. The van der Waals surface area contributed by atoms with E-state index in [1.54, 1.807) is 6.92 Å². The third-order valence-corrected chi connectivity index (χ3v) is 0.738. The zero-order chi connectivity index (χ0) is 6.57. The number of carboxylic acids is 1. The highest BCUT2D eigenvalue weighted by atomic mass is 16.4. The van der Waals surface area contributed by atoms with Gasteiger partial charge in [0.05, 0.1) is 0 Å². The summed E-state index contributed by atoms with van der Waals surface area (Å²) in [7, 11) is 0. The standard InChI is InChI=1S/C5H9NO2/c1-3-6-4(2)5(7)8/h3-4,6H,1H2,2H3,(H,7,8)/t4-/m0/s1. The second-order valence-corrected chi connectivity index (χ2v) is 1.43. The fourth-order valence-corrected chi connectivity index (χ4v) is 0.248. The van der Waals surface area contributed by atoms with E-state index in [9.17, 15) is 4.79 Å². The van der Waals surface area contributed by atoms with Crippen LogP contribution in [0.5, 0.6) is 0 Å². The Morgan fingerprint density at radius 2 is 2.50 bits per heavy atom. The number of aliphatic carboxylic acids is 1. The van der Waals surface area contributed by atoms with Gasteiger partial charge in [0.1, 0.15) is 6.04 Å². The molecule has 0 aliphatic rings. The van der Waals surface area contributed by atoms with E-state index in [1.165, 1.54) is 6.20 Å². The molecule has 1 atom stereocenters. The van der Waals surface area contributed by atoms with Crippen molar-refractivity contribution in [1.29, 1.82) is 0 Å². The zero-order valence-electron chi connectivity index (χ0n) is 4.72. The summed E-state index contributed by atoms with van der Waals surface area (Å²) < 4.78 is 0. The Morgan fingerprint density at radius 1 is 2.00 bits per heavy atom. The van der Waals surface area contributed by atoms with Gasteiger partial charge in [-0.3, -0.25) is 4.79 Å². The topological polar surface area (TPSA) is 49.3 Å². The van der Waals surface area contributed by atoms with Gasteiger partial charge in [0, 0.05) is 0 Å². The van der Waals surface area contributed by atoms with E-state index in [0.29, 0.717) is 0 Å². The van der Waals surface area contributed by atoms with Gasteiger partial charge in [-0.15, -0.1) is 0 Å². The van der Waals surface area contributed by atoms with Gasteiger partial charge in [0.25, 0.3) is 0 Å². The van der Waals surface area contributed by atoms with Crippen LogP contribution in [0.1, 0.15) is 6.92 Å². The summed E-state index contributed by atoms with van der Waals surface area (Å²) in [5.74, 6) is -0.870. The normalized spacial score (nSPS) is 12.1. The summed E-state index contributed by atoms with van der Waals surface area (Å²) in [6.45, 7) is 4.85. The minimum absolute atomic E-state index is 0.535. The van der Waals surface area contributed by atoms with Gasteiger partial charge in [0.2, 0.25) is 0 Å². The lowest BCUT2D eigenvalue weighted by Gasteiger charge is -2.02. The fourth-order valence-electron chi connectivity index (χ4n) is 0.248. The number of rotatable bonds is 3. The lowest BCUT2D eigenvalue weighted by Crippen LogP contribution is -2.29. The Balaban J connectivity index is 3.46. The van der Waals surface area contributed by atoms with Gasteiger partial charge >= 0.3 is 5.97 Å². The van der Waals surface area contributed by atoms with E-state index in [2.05, 4.69) is 11.9 Å². The van der Waals surface area contributed by atoms with Crippen LogP contribution < -0.4 is 5.32 Å². The number of carbonyl (C=O) groups is 1.